The van der Waals surface area contributed by atoms with E-state index in [1.165, 1.54) is 0 Å². The number of hydrogen-bond acceptors (Lipinski definition) is 5. The topological polar surface area (TPSA) is 72.7 Å². The summed E-state index contributed by atoms with van der Waals surface area (Å²) in [7, 11) is 0. The molecule has 1 aliphatic rings. The average Bonchev–Trinajstić information content (AvgIpc) is 2.42. The number of ether oxygens (including phenoxy) is 1. The first-order valence-electron chi connectivity index (χ1n) is 5.95. The molecule has 2 rings (SSSR count). The van der Waals surface area contributed by atoms with Gasteiger partial charge in [-0.15, -0.1) is 0 Å². The molecule has 1 heterocycles. The molecule has 1 saturated heterocycles. The van der Waals surface area contributed by atoms with Gasteiger partial charge in [0.25, 0.3) is 0 Å². The van der Waals surface area contributed by atoms with Crippen LogP contribution in [0.4, 0.5) is 14.5 Å². The monoisotopic (exact) mass is 286 g/mol. The fraction of sp³-hybridized carbons (Fsp3) is 0.417. The van der Waals surface area contributed by atoms with Crippen LogP contribution in [0.25, 0.3) is 0 Å². The van der Waals surface area contributed by atoms with Crippen LogP contribution in [-0.2, 0) is 9.53 Å². The van der Waals surface area contributed by atoms with E-state index in [0.29, 0.717) is 38.7 Å². The molecule has 20 heavy (non-hydrogen) atoms. The number of nitro benzene ring substituents is 1. The molecule has 0 bridgehead atoms. The maximum atomic E-state index is 13.8. The molecule has 0 unspecified atom stereocenters. The number of morpholine rings is 1. The van der Waals surface area contributed by atoms with Crippen molar-refractivity contribution in [2.75, 3.05) is 26.3 Å². The van der Waals surface area contributed by atoms with Gasteiger partial charge in [-0.25, -0.2) is 4.39 Å². The van der Waals surface area contributed by atoms with E-state index in [9.17, 15) is 23.7 Å². The Morgan fingerprint density at radius 3 is 2.50 bits per heavy atom. The Bertz CT molecular complexity index is 532. The highest BCUT2D eigenvalue weighted by atomic mass is 19.1. The Kier molecular flexibility index (Phi) is 4.35. The van der Waals surface area contributed by atoms with Crippen LogP contribution in [0.3, 0.4) is 0 Å². The van der Waals surface area contributed by atoms with Crippen molar-refractivity contribution in [1.29, 1.82) is 0 Å². The van der Waals surface area contributed by atoms with Crippen molar-refractivity contribution in [3.63, 3.8) is 0 Å². The van der Waals surface area contributed by atoms with Crippen LogP contribution < -0.4 is 0 Å². The van der Waals surface area contributed by atoms with Gasteiger partial charge in [0.1, 0.15) is 12.1 Å². The number of benzene rings is 1. The van der Waals surface area contributed by atoms with Gasteiger partial charge >= 0.3 is 5.69 Å². The van der Waals surface area contributed by atoms with Crippen LogP contribution >= 0.6 is 0 Å². The van der Waals surface area contributed by atoms with Crippen LogP contribution in [0.1, 0.15) is 11.6 Å². The summed E-state index contributed by atoms with van der Waals surface area (Å²) in [6.07, 6.45) is 0.491. The second kappa shape index (κ2) is 6.02. The van der Waals surface area contributed by atoms with Crippen molar-refractivity contribution in [3.8, 4) is 0 Å². The number of hydrogen-bond donors (Lipinski definition) is 0. The molecule has 0 spiro atoms. The molecule has 6 nitrogen and oxygen atoms in total. The molecule has 1 aromatic rings. The van der Waals surface area contributed by atoms with Crippen molar-refractivity contribution < 1.29 is 23.2 Å². The van der Waals surface area contributed by atoms with Gasteiger partial charge in [0.2, 0.25) is 5.82 Å². The molecule has 1 atom stereocenters. The van der Waals surface area contributed by atoms with E-state index in [4.69, 9.17) is 4.74 Å². The maximum absolute atomic E-state index is 13.8. The molecule has 1 fully saturated rings. The minimum atomic E-state index is -1.26. The lowest BCUT2D eigenvalue weighted by Crippen LogP contribution is -2.40. The van der Waals surface area contributed by atoms with Crippen molar-refractivity contribution in [3.05, 3.63) is 39.4 Å². The smallest absolute Gasteiger partial charge is 0.305 e. The highest BCUT2D eigenvalue weighted by Gasteiger charge is 2.28. The summed E-state index contributed by atoms with van der Waals surface area (Å²) >= 11 is 0. The summed E-state index contributed by atoms with van der Waals surface area (Å²) in [5, 5.41) is 10.7. The minimum absolute atomic E-state index is 0.199. The van der Waals surface area contributed by atoms with E-state index < -0.39 is 28.3 Å². The van der Waals surface area contributed by atoms with Crippen LogP contribution in [0.2, 0.25) is 0 Å². The molecule has 0 saturated carbocycles. The Hall–Kier alpha value is -1.93. The minimum Gasteiger partial charge on any atom is -0.379 e. The zero-order valence-electron chi connectivity index (χ0n) is 10.4. The van der Waals surface area contributed by atoms with Gasteiger partial charge in [-0.1, -0.05) is 0 Å². The van der Waals surface area contributed by atoms with Gasteiger partial charge in [-0.2, -0.15) is 4.39 Å². The lowest BCUT2D eigenvalue weighted by atomic mass is 10.0. The predicted molar refractivity (Wildman–Crippen MR) is 64.2 cm³/mol. The first kappa shape index (κ1) is 14.5. The molecule has 0 radical (unpaired) electrons. The van der Waals surface area contributed by atoms with Crippen LogP contribution in [0.15, 0.2) is 12.1 Å². The SMILES string of the molecule is O=C[C@H](c1cc([N+](=O)[O-])c(F)cc1F)N1CCOCC1. The van der Waals surface area contributed by atoms with Crippen molar-refractivity contribution in [2.24, 2.45) is 0 Å². The third-order valence-electron chi connectivity index (χ3n) is 3.15. The molecule has 0 aromatic heterocycles. The van der Waals surface area contributed by atoms with E-state index >= 15 is 0 Å². The van der Waals surface area contributed by atoms with Crippen LogP contribution in [-0.4, -0.2) is 42.4 Å². The molecule has 1 aromatic carbocycles. The van der Waals surface area contributed by atoms with E-state index in [2.05, 4.69) is 0 Å². The lowest BCUT2D eigenvalue weighted by Gasteiger charge is -2.31. The summed E-state index contributed by atoms with van der Waals surface area (Å²) in [6.45, 7) is 1.56. The van der Waals surface area contributed by atoms with E-state index in [-0.39, 0.29) is 5.56 Å². The molecule has 1 aliphatic heterocycles. The normalized spacial score (nSPS) is 17.7. The summed E-state index contributed by atoms with van der Waals surface area (Å²) in [5.41, 5.74) is -1.04. The number of aldehydes is 1. The summed E-state index contributed by atoms with van der Waals surface area (Å²) < 4.78 is 32.2. The van der Waals surface area contributed by atoms with Crippen LogP contribution in [0.5, 0.6) is 0 Å². The maximum Gasteiger partial charge on any atom is 0.305 e. The van der Waals surface area contributed by atoms with Crippen molar-refractivity contribution >= 4 is 12.0 Å². The van der Waals surface area contributed by atoms with Crippen molar-refractivity contribution in [1.82, 2.24) is 4.90 Å². The highest BCUT2D eigenvalue weighted by molar-refractivity contribution is 5.62. The summed E-state index contributed by atoms with van der Waals surface area (Å²) in [5.74, 6) is -2.24. The number of nitro groups is 1. The van der Waals surface area contributed by atoms with Crippen molar-refractivity contribution in [2.45, 2.75) is 6.04 Å². The average molecular weight is 286 g/mol. The number of nitrogens with zero attached hydrogens (tertiary/aromatic N) is 2. The van der Waals surface area contributed by atoms with E-state index in [1.54, 1.807) is 4.90 Å². The zero-order chi connectivity index (χ0) is 14.7. The second-order valence-electron chi connectivity index (χ2n) is 4.31. The van der Waals surface area contributed by atoms with Gasteiger partial charge in [0, 0.05) is 30.8 Å². The molecule has 108 valence electrons. The third kappa shape index (κ3) is 2.81. The molecular weight excluding hydrogens is 274 g/mol. The van der Waals surface area contributed by atoms with E-state index in [1.807, 2.05) is 0 Å². The highest BCUT2D eigenvalue weighted by Crippen LogP contribution is 2.28. The number of halogens is 2. The molecular formula is C12H12F2N2O4. The summed E-state index contributed by atoms with van der Waals surface area (Å²) in [4.78, 5) is 22.6. The fourth-order valence-electron chi connectivity index (χ4n) is 2.13. The number of carbonyl (C=O) groups is 1. The second-order valence-corrected chi connectivity index (χ2v) is 4.31. The predicted octanol–water partition coefficient (Wildman–Crippen LogP) is 1.45. The largest absolute Gasteiger partial charge is 0.379 e. The Morgan fingerprint density at radius 2 is 1.95 bits per heavy atom. The Balaban J connectivity index is 2.40. The Morgan fingerprint density at radius 1 is 1.30 bits per heavy atom. The first-order chi connectivity index (χ1) is 9.54. The molecule has 8 heteroatoms. The summed E-state index contributed by atoms with van der Waals surface area (Å²) in [6, 6.07) is 0.224. The molecule has 0 amide bonds. The fourth-order valence-corrected chi connectivity index (χ4v) is 2.13. The van der Waals surface area contributed by atoms with Gasteiger partial charge < -0.3 is 9.53 Å². The standard InChI is InChI=1S/C12H12F2N2O4/c13-9-6-10(14)11(16(18)19)5-8(9)12(7-17)15-1-3-20-4-2-15/h5-7,12H,1-4H2/t12-/m1/s1. The molecule has 0 N–H and O–H groups in total. The quantitative estimate of drug-likeness (QED) is 0.476. The van der Waals surface area contributed by atoms with Gasteiger partial charge in [-0.05, 0) is 0 Å². The first-order valence-corrected chi connectivity index (χ1v) is 5.95. The number of carbonyl (C=O) groups excluding carboxylic acids is 1. The van der Waals surface area contributed by atoms with Gasteiger partial charge in [0.15, 0.2) is 0 Å². The molecule has 0 aliphatic carbocycles. The van der Waals surface area contributed by atoms with Crippen LogP contribution in [0, 0.1) is 21.7 Å². The van der Waals surface area contributed by atoms with E-state index in [0.717, 1.165) is 6.07 Å². The number of rotatable bonds is 4. The Labute approximate surface area is 113 Å². The van der Waals surface area contributed by atoms with Gasteiger partial charge in [-0.3, -0.25) is 15.0 Å². The zero-order valence-corrected chi connectivity index (χ0v) is 10.4. The third-order valence-corrected chi connectivity index (χ3v) is 3.15. The van der Waals surface area contributed by atoms with Gasteiger partial charge in [0.05, 0.1) is 24.2 Å². The lowest BCUT2D eigenvalue weighted by molar-refractivity contribution is -0.387.